The number of benzene rings is 2. The van der Waals surface area contributed by atoms with Crippen molar-refractivity contribution in [1.29, 1.82) is 0 Å². The molecule has 2 N–H and O–H groups in total. The zero-order valence-electron chi connectivity index (χ0n) is 15.5. The zero-order chi connectivity index (χ0) is 17.6. The number of H-pyrrole nitrogens is 1. The van der Waals surface area contributed by atoms with E-state index in [1.165, 1.54) is 48.0 Å². The number of para-hydroxylation sites is 1. The molecule has 1 fully saturated rings. The Bertz CT molecular complexity index is 808. The molecule has 2 aromatic carbocycles. The van der Waals surface area contributed by atoms with Gasteiger partial charge in [0.05, 0.1) is 0 Å². The second-order valence-electron chi connectivity index (χ2n) is 7.38. The minimum Gasteiger partial charge on any atom is -0.361 e. The fourth-order valence-corrected chi connectivity index (χ4v) is 4.17. The first kappa shape index (κ1) is 17.3. The Balaban J connectivity index is 1.30. The summed E-state index contributed by atoms with van der Waals surface area (Å²) in [5.41, 5.74) is 4.16. The second-order valence-corrected chi connectivity index (χ2v) is 7.38. The van der Waals surface area contributed by atoms with Gasteiger partial charge in [-0.05, 0) is 42.9 Å². The minimum absolute atomic E-state index is 0.665. The SMILES string of the molecule is c1ccc(CCN2CCNCC2CCCc2c[nH]c3ccccc23)cc1. The Morgan fingerprint density at radius 1 is 0.962 bits per heavy atom. The highest BCUT2D eigenvalue weighted by Crippen LogP contribution is 2.21. The summed E-state index contributed by atoms with van der Waals surface area (Å²) < 4.78 is 0. The molecule has 2 heterocycles. The Morgan fingerprint density at radius 2 is 1.81 bits per heavy atom. The number of aromatic amines is 1. The van der Waals surface area contributed by atoms with E-state index in [1.54, 1.807) is 0 Å². The molecule has 0 amide bonds. The molecule has 3 nitrogen and oxygen atoms in total. The molecule has 1 aliphatic heterocycles. The molecule has 0 radical (unpaired) electrons. The number of rotatable bonds is 7. The molecule has 1 saturated heterocycles. The number of fused-ring (bicyclic) bond motifs is 1. The molecule has 3 heteroatoms. The molecular formula is C23H29N3. The van der Waals surface area contributed by atoms with Crippen LogP contribution >= 0.6 is 0 Å². The molecule has 1 aliphatic rings. The van der Waals surface area contributed by atoms with Gasteiger partial charge in [0, 0.05) is 49.3 Å². The summed E-state index contributed by atoms with van der Waals surface area (Å²) in [5, 5.41) is 4.97. The first-order valence-electron chi connectivity index (χ1n) is 9.94. The van der Waals surface area contributed by atoms with Crippen LogP contribution in [0, 0.1) is 0 Å². The Kier molecular flexibility index (Phi) is 5.68. The second kappa shape index (κ2) is 8.52. The highest BCUT2D eigenvalue weighted by molar-refractivity contribution is 5.82. The third-order valence-corrected chi connectivity index (χ3v) is 5.66. The van der Waals surface area contributed by atoms with E-state index in [-0.39, 0.29) is 0 Å². The standard InChI is InChI=1S/C23H29N3/c1-2-7-19(8-3-1)13-15-26-16-14-24-18-21(26)10-6-9-20-17-25-23-12-5-4-11-22(20)23/h1-5,7-8,11-12,17,21,24-25H,6,9-10,13-16,18H2. The highest BCUT2D eigenvalue weighted by Gasteiger charge is 2.21. The Hall–Kier alpha value is -2.10. The average Bonchev–Trinajstić information content (AvgIpc) is 3.11. The lowest BCUT2D eigenvalue weighted by Gasteiger charge is -2.36. The van der Waals surface area contributed by atoms with Crippen LogP contribution in [-0.2, 0) is 12.8 Å². The fourth-order valence-electron chi connectivity index (χ4n) is 4.17. The summed E-state index contributed by atoms with van der Waals surface area (Å²) in [6, 6.07) is 20.2. The number of piperazine rings is 1. The van der Waals surface area contributed by atoms with E-state index in [0.29, 0.717) is 6.04 Å². The number of hydrogen-bond donors (Lipinski definition) is 2. The van der Waals surface area contributed by atoms with Crippen LogP contribution in [0.5, 0.6) is 0 Å². The van der Waals surface area contributed by atoms with Crippen LogP contribution in [0.4, 0.5) is 0 Å². The molecule has 0 saturated carbocycles. The molecule has 1 unspecified atom stereocenters. The highest BCUT2D eigenvalue weighted by atomic mass is 15.2. The zero-order valence-corrected chi connectivity index (χ0v) is 15.5. The van der Waals surface area contributed by atoms with E-state index in [9.17, 15) is 0 Å². The van der Waals surface area contributed by atoms with E-state index in [2.05, 4.69) is 76.0 Å². The molecule has 1 aromatic heterocycles. The summed E-state index contributed by atoms with van der Waals surface area (Å²) in [4.78, 5) is 6.09. The monoisotopic (exact) mass is 347 g/mol. The van der Waals surface area contributed by atoms with Crippen molar-refractivity contribution >= 4 is 10.9 Å². The number of nitrogens with one attached hydrogen (secondary N) is 2. The van der Waals surface area contributed by atoms with E-state index < -0.39 is 0 Å². The quantitative estimate of drug-likeness (QED) is 0.677. The number of aromatic nitrogens is 1. The largest absolute Gasteiger partial charge is 0.361 e. The number of nitrogens with zero attached hydrogens (tertiary/aromatic N) is 1. The van der Waals surface area contributed by atoms with Crippen molar-refractivity contribution in [2.45, 2.75) is 31.7 Å². The van der Waals surface area contributed by atoms with Gasteiger partial charge in [-0.2, -0.15) is 0 Å². The third-order valence-electron chi connectivity index (χ3n) is 5.66. The van der Waals surface area contributed by atoms with Crippen molar-refractivity contribution in [3.8, 4) is 0 Å². The van der Waals surface area contributed by atoms with Gasteiger partial charge < -0.3 is 10.3 Å². The van der Waals surface area contributed by atoms with Gasteiger partial charge in [-0.1, -0.05) is 48.5 Å². The van der Waals surface area contributed by atoms with E-state index in [1.807, 2.05) is 0 Å². The Morgan fingerprint density at radius 3 is 2.73 bits per heavy atom. The lowest BCUT2D eigenvalue weighted by atomic mass is 10.0. The first-order chi connectivity index (χ1) is 12.9. The predicted molar refractivity (Wildman–Crippen MR) is 110 cm³/mol. The molecule has 136 valence electrons. The molecule has 1 atom stereocenters. The van der Waals surface area contributed by atoms with Gasteiger partial charge in [0.1, 0.15) is 0 Å². The topological polar surface area (TPSA) is 31.1 Å². The van der Waals surface area contributed by atoms with Gasteiger partial charge in [0.25, 0.3) is 0 Å². The first-order valence-corrected chi connectivity index (χ1v) is 9.94. The normalized spacial score (nSPS) is 18.4. The number of hydrogen-bond acceptors (Lipinski definition) is 2. The van der Waals surface area contributed by atoms with Crippen molar-refractivity contribution in [2.75, 3.05) is 26.2 Å². The molecule has 3 aromatic rings. The van der Waals surface area contributed by atoms with Crippen molar-refractivity contribution < 1.29 is 0 Å². The van der Waals surface area contributed by atoms with Gasteiger partial charge in [0.15, 0.2) is 0 Å². The lowest BCUT2D eigenvalue weighted by molar-refractivity contribution is 0.153. The van der Waals surface area contributed by atoms with E-state index >= 15 is 0 Å². The summed E-state index contributed by atoms with van der Waals surface area (Å²) in [6.45, 7) is 4.59. The van der Waals surface area contributed by atoms with E-state index in [0.717, 1.165) is 25.9 Å². The van der Waals surface area contributed by atoms with Crippen LogP contribution < -0.4 is 5.32 Å². The van der Waals surface area contributed by atoms with Crippen LogP contribution in [0.15, 0.2) is 60.8 Å². The molecule has 0 bridgehead atoms. The molecule has 0 spiro atoms. The van der Waals surface area contributed by atoms with Crippen LogP contribution in [0.1, 0.15) is 24.0 Å². The fraction of sp³-hybridized carbons (Fsp3) is 0.391. The van der Waals surface area contributed by atoms with Crippen molar-refractivity contribution in [3.05, 3.63) is 71.9 Å². The van der Waals surface area contributed by atoms with Crippen molar-refractivity contribution in [3.63, 3.8) is 0 Å². The average molecular weight is 348 g/mol. The van der Waals surface area contributed by atoms with Crippen LogP contribution in [0.25, 0.3) is 10.9 Å². The van der Waals surface area contributed by atoms with Gasteiger partial charge in [0.2, 0.25) is 0 Å². The third kappa shape index (κ3) is 4.17. The molecule has 4 rings (SSSR count). The molecular weight excluding hydrogens is 318 g/mol. The van der Waals surface area contributed by atoms with Gasteiger partial charge in [-0.15, -0.1) is 0 Å². The lowest BCUT2D eigenvalue weighted by Crippen LogP contribution is -2.51. The Labute approximate surface area is 156 Å². The number of aryl methyl sites for hydroxylation is 1. The summed E-state index contributed by atoms with van der Waals surface area (Å²) in [7, 11) is 0. The maximum absolute atomic E-state index is 3.59. The summed E-state index contributed by atoms with van der Waals surface area (Å²) >= 11 is 0. The maximum Gasteiger partial charge on any atom is 0.0456 e. The summed E-state index contributed by atoms with van der Waals surface area (Å²) in [6.07, 6.45) is 7.01. The molecule has 26 heavy (non-hydrogen) atoms. The minimum atomic E-state index is 0.665. The van der Waals surface area contributed by atoms with Crippen LogP contribution in [0.2, 0.25) is 0 Å². The van der Waals surface area contributed by atoms with Crippen molar-refractivity contribution in [1.82, 2.24) is 15.2 Å². The van der Waals surface area contributed by atoms with Gasteiger partial charge >= 0.3 is 0 Å². The smallest absolute Gasteiger partial charge is 0.0456 e. The predicted octanol–water partition coefficient (Wildman–Crippen LogP) is 4.01. The van der Waals surface area contributed by atoms with Gasteiger partial charge in [-0.3, -0.25) is 4.90 Å². The van der Waals surface area contributed by atoms with Crippen LogP contribution in [0.3, 0.4) is 0 Å². The van der Waals surface area contributed by atoms with Gasteiger partial charge in [-0.25, -0.2) is 0 Å². The van der Waals surface area contributed by atoms with Crippen LogP contribution in [-0.4, -0.2) is 42.1 Å². The van der Waals surface area contributed by atoms with E-state index in [4.69, 9.17) is 0 Å². The van der Waals surface area contributed by atoms with Crippen molar-refractivity contribution in [2.24, 2.45) is 0 Å². The maximum atomic E-state index is 3.59. The molecule has 0 aliphatic carbocycles. The summed E-state index contributed by atoms with van der Waals surface area (Å²) in [5.74, 6) is 0.